The van der Waals surface area contributed by atoms with Gasteiger partial charge in [0.05, 0.1) is 24.6 Å². The topological polar surface area (TPSA) is 89.0 Å². The molecule has 0 atom stereocenters. The average Bonchev–Trinajstić information content (AvgIpc) is 2.65. The molecule has 3 rings (SSSR count). The number of anilines is 4. The van der Waals surface area contributed by atoms with Gasteiger partial charge in [-0.05, 0) is 49.2 Å². The molecule has 0 aliphatic carbocycles. The number of hydrogen-bond acceptors (Lipinski definition) is 7. The molecule has 0 radical (unpaired) electrons. The zero-order valence-corrected chi connectivity index (χ0v) is 14.8. The van der Waals surface area contributed by atoms with Gasteiger partial charge in [-0.15, -0.1) is 5.10 Å². The fourth-order valence-corrected chi connectivity index (χ4v) is 2.38. The summed E-state index contributed by atoms with van der Waals surface area (Å²) in [6.07, 6.45) is 1.49. The van der Waals surface area contributed by atoms with E-state index in [1.165, 1.54) is 24.4 Å². The van der Waals surface area contributed by atoms with Crippen molar-refractivity contribution in [2.45, 2.75) is 13.8 Å². The molecule has 2 aromatic carbocycles. The smallest absolute Gasteiger partial charge is 0.339 e. The Morgan fingerprint density at radius 1 is 1.04 bits per heavy atom. The summed E-state index contributed by atoms with van der Waals surface area (Å²) in [5, 5.41) is 14.2. The number of carbonyl (C=O) groups excluding carboxylic acids is 1. The van der Waals surface area contributed by atoms with Crippen molar-refractivity contribution in [3.05, 3.63) is 65.4 Å². The van der Waals surface area contributed by atoms with Crippen molar-refractivity contribution in [3.63, 3.8) is 0 Å². The summed E-state index contributed by atoms with van der Waals surface area (Å²) in [7, 11) is 1.34. The van der Waals surface area contributed by atoms with Crippen LogP contribution in [0, 0.1) is 13.8 Å². The maximum atomic E-state index is 11.9. The minimum atomic E-state index is -0.427. The number of carbonyl (C=O) groups is 1. The van der Waals surface area contributed by atoms with Crippen LogP contribution in [0.15, 0.2) is 48.7 Å². The number of benzene rings is 2. The second-order valence-electron chi connectivity index (χ2n) is 5.75. The van der Waals surface area contributed by atoms with Gasteiger partial charge in [0.25, 0.3) is 0 Å². The predicted octanol–water partition coefficient (Wildman–Crippen LogP) is 3.76. The standard InChI is InChI=1S/C19H19N5O2/c1-12-8-9-14(10-13(12)2)21-19-23-17(11-20-24-19)22-16-7-5-4-6-15(16)18(25)26-3/h4-11H,1-3H3,(H2,21,22,23,24). The molecule has 132 valence electrons. The first kappa shape index (κ1) is 17.3. The lowest BCUT2D eigenvalue weighted by Crippen LogP contribution is -2.07. The highest BCUT2D eigenvalue weighted by molar-refractivity contribution is 5.96. The van der Waals surface area contributed by atoms with Crippen LogP contribution in [-0.4, -0.2) is 28.3 Å². The van der Waals surface area contributed by atoms with Gasteiger partial charge in [0.1, 0.15) is 0 Å². The van der Waals surface area contributed by atoms with Crippen LogP contribution in [0.2, 0.25) is 0 Å². The monoisotopic (exact) mass is 349 g/mol. The lowest BCUT2D eigenvalue weighted by molar-refractivity contribution is 0.0602. The SMILES string of the molecule is COC(=O)c1ccccc1Nc1cnnc(Nc2ccc(C)c(C)c2)n1. The van der Waals surface area contributed by atoms with Crippen molar-refractivity contribution in [2.75, 3.05) is 17.7 Å². The lowest BCUT2D eigenvalue weighted by atomic mass is 10.1. The van der Waals surface area contributed by atoms with Gasteiger partial charge < -0.3 is 15.4 Å². The van der Waals surface area contributed by atoms with Crippen molar-refractivity contribution in [2.24, 2.45) is 0 Å². The molecule has 0 unspecified atom stereocenters. The first-order valence-corrected chi connectivity index (χ1v) is 8.05. The van der Waals surface area contributed by atoms with Crippen LogP contribution in [0.1, 0.15) is 21.5 Å². The molecule has 7 heteroatoms. The van der Waals surface area contributed by atoms with Crippen LogP contribution in [0.25, 0.3) is 0 Å². The first-order valence-electron chi connectivity index (χ1n) is 8.05. The Labute approximate surface area is 151 Å². The molecular formula is C19H19N5O2. The maximum Gasteiger partial charge on any atom is 0.339 e. The van der Waals surface area contributed by atoms with E-state index in [9.17, 15) is 4.79 Å². The number of aromatic nitrogens is 3. The molecule has 7 nitrogen and oxygen atoms in total. The normalized spacial score (nSPS) is 10.3. The van der Waals surface area contributed by atoms with E-state index in [1.807, 2.05) is 31.2 Å². The van der Waals surface area contributed by atoms with Gasteiger partial charge in [-0.25, -0.2) is 4.79 Å². The predicted molar refractivity (Wildman–Crippen MR) is 100 cm³/mol. The fraction of sp³-hybridized carbons (Fsp3) is 0.158. The summed E-state index contributed by atoms with van der Waals surface area (Å²) < 4.78 is 4.80. The van der Waals surface area contributed by atoms with Crippen LogP contribution in [0.5, 0.6) is 0 Å². The largest absolute Gasteiger partial charge is 0.465 e. The molecule has 0 fully saturated rings. The minimum absolute atomic E-state index is 0.355. The van der Waals surface area contributed by atoms with Gasteiger partial charge in [0, 0.05) is 5.69 Å². The molecule has 0 saturated carbocycles. The zero-order valence-electron chi connectivity index (χ0n) is 14.8. The number of nitrogens with zero attached hydrogens (tertiary/aromatic N) is 3. The molecule has 0 saturated heterocycles. The van der Waals surface area contributed by atoms with E-state index in [1.54, 1.807) is 18.2 Å². The highest BCUT2D eigenvalue weighted by Gasteiger charge is 2.12. The maximum absolute atomic E-state index is 11.9. The third kappa shape index (κ3) is 3.94. The molecule has 1 aromatic heterocycles. The Morgan fingerprint density at radius 3 is 2.62 bits per heavy atom. The van der Waals surface area contributed by atoms with Crippen LogP contribution >= 0.6 is 0 Å². The van der Waals surface area contributed by atoms with E-state index in [4.69, 9.17) is 4.74 Å². The fourth-order valence-electron chi connectivity index (χ4n) is 2.38. The zero-order chi connectivity index (χ0) is 18.5. The summed E-state index contributed by atoms with van der Waals surface area (Å²) in [6, 6.07) is 13.0. The van der Waals surface area contributed by atoms with E-state index in [0.717, 1.165) is 5.69 Å². The highest BCUT2D eigenvalue weighted by Crippen LogP contribution is 2.21. The van der Waals surface area contributed by atoms with Crippen molar-refractivity contribution >= 4 is 29.1 Å². The summed E-state index contributed by atoms with van der Waals surface area (Å²) >= 11 is 0. The second kappa shape index (κ2) is 7.60. The summed E-state index contributed by atoms with van der Waals surface area (Å²) in [4.78, 5) is 16.3. The number of para-hydroxylation sites is 1. The molecular weight excluding hydrogens is 330 g/mol. The number of methoxy groups -OCH3 is 1. The average molecular weight is 349 g/mol. The Balaban J connectivity index is 1.82. The third-order valence-corrected chi connectivity index (χ3v) is 3.92. The van der Waals surface area contributed by atoms with Gasteiger partial charge in [0.2, 0.25) is 5.95 Å². The van der Waals surface area contributed by atoms with E-state index in [2.05, 4.69) is 32.7 Å². The highest BCUT2D eigenvalue weighted by atomic mass is 16.5. The molecule has 0 bridgehead atoms. The summed E-state index contributed by atoms with van der Waals surface area (Å²) in [5.41, 5.74) is 4.25. The third-order valence-electron chi connectivity index (χ3n) is 3.92. The Morgan fingerprint density at radius 2 is 1.85 bits per heavy atom. The van der Waals surface area contributed by atoms with E-state index >= 15 is 0 Å². The van der Waals surface area contributed by atoms with E-state index < -0.39 is 5.97 Å². The first-order chi connectivity index (χ1) is 12.6. The van der Waals surface area contributed by atoms with Gasteiger partial charge in [0.15, 0.2) is 5.82 Å². The number of aryl methyl sites for hydroxylation is 2. The van der Waals surface area contributed by atoms with E-state index in [0.29, 0.717) is 23.0 Å². The Bertz CT molecular complexity index is 943. The Hall–Kier alpha value is -3.48. The summed E-state index contributed by atoms with van der Waals surface area (Å²) in [6.45, 7) is 4.10. The van der Waals surface area contributed by atoms with Crippen LogP contribution < -0.4 is 10.6 Å². The van der Waals surface area contributed by atoms with Crippen LogP contribution in [-0.2, 0) is 4.74 Å². The number of ether oxygens (including phenoxy) is 1. The number of nitrogens with one attached hydrogen (secondary N) is 2. The van der Waals surface area contributed by atoms with Crippen LogP contribution in [0.4, 0.5) is 23.1 Å². The quantitative estimate of drug-likeness (QED) is 0.678. The van der Waals surface area contributed by atoms with Crippen molar-refractivity contribution in [3.8, 4) is 0 Å². The van der Waals surface area contributed by atoms with Gasteiger partial charge in [-0.1, -0.05) is 18.2 Å². The van der Waals surface area contributed by atoms with Gasteiger partial charge in [-0.2, -0.15) is 10.1 Å². The number of hydrogen-bond donors (Lipinski definition) is 2. The molecule has 0 amide bonds. The molecule has 2 N–H and O–H groups in total. The van der Waals surface area contributed by atoms with Gasteiger partial charge in [-0.3, -0.25) is 0 Å². The lowest BCUT2D eigenvalue weighted by Gasteiger charge is -2.11. The second-order valence-corrected chi connectivity index (χ2v) is 5.75. The number of rotatable bonds is 5. The van der Waals surface area contributed by atoms with Crippen molar-refractivity contribution < 1.29 is 9.53 Å². The summed E-state index contributed by atoms with van der Waals surface area (Å²) in [5.74, 6) is 0.389. The number of esters is 1. The minimum Gasteiger partial charge on any atom is -0.465 e. The molecule has 0 aliphatic rings. The molecule has 0 spiro atoms. The molecule has 1 heterocycles. The van der Waals surface area contributed by atoms with E-state index in [-0.39, 0.29) is 0 Å². The van der Waals surface area contributed by atoms with Crippen molar-refractivity contribution in [1.82, 2.24) is 15.2 Å². The van der Waals surface area contributed by atoms with Crippen molar-refractivity contribution in [1.29, 1.82) is 0 Å². The molecule has 26 heavy (non-hydrogen) atoms. The van der Waals surface area contributed by atoms with Gasteiger partial charge >= 0.3 is 5.97 Å². The Kier molecular flexibility index (Phi) is 5.07. The molecule has 0 aliphatic heterocycles. The molecule has 3 aromatic rings. The van der Waals surface area contributed by atoms with Crippen LogP contribution in [0.3, 0.4) is 0 Å².